The summed E-state index contributed by atoms with van der Waals surface area (Å²) >= 11 is 1.20. The lowest BCUT2D eigenvalue weighted by atomic mass is 10.1. The van der Waals surface area contributed by atoms with Gasteiger partial charge in [0, 0.05) is 18.4 Å². The highest BCUT2D eigenvalue weighted by molar-refractivity contribution is 7.93. The molecule has 196 valence electrons. The fraction of sp³-hybridized carbons (Fsp3) is 0.364. The quantitative estimate of drug-likeness (QED) is 0.374. The van der Waals surface area contributed by atoms with Gasteiger partial charge in [0.25, 0.3) is 15.6 Å². The molecule has 1 aliphatic carbocycles. The van der Waals surface area contributed by atoms with Gasteiger partial charge in [-0.25, -0.2) is 26.5 Å². The standard InChI is InChI=1S/C22H24N6O6S3/c1-12(2)7-8-28-22(30)18(20(29)19(25-28)16-10-23-11-35-16)21-24-15-6-3-13(9-17(15)37(33,34)27-21)26-36(31,32)14-4-5-14/h3,6,9-12,14,26,29H,4-5,7-8H2,1-2H3,(H,24,27). The Balaban J connectivity index is 1.62. The van der Waals surface area contributed by atoms with Crippen LogP contribution in [0.5, 0.6) is 5.75 Å². The highest BCUT2D eigenvalue weighted by Crippen LogP contribution is 2.36. The summed E-state index contributed by atoms with van der Waals surface area (Å²) in [4.78, 5) is 21.9. The molecule has 3 heterocycles. The fourth-order valence-electron chi connectivity index (χ4n) is 3.75. The Morgan fingerprint density at radius 3 is 2.70 bits per heavy atom. The minimum absolute atomic E-state index is 0.00759. The Labute approximate surface area is 217 Å². The van der Waals surface area contributed by atoms with E-state index in [1.807, 2.05) is 13.8 Å². The van der Waals surface area contributed by atoms with Crippen LogP contribution in [0.4, 0.5) is 11.4 Å². The van der Waals surface area contributed by atoms with E-state index in [2.05, 4.69) is 24.5 Å². The summed E-state index contributed by atoms with van der Waals surface area (Å²) in [5.41, 5.74) is 0.668. The Hall–Kier alpha value is -3.30. The van der Waals surface area contributed by atoms with E-state index in [-0.39, 0.29) is 45.8 Å². The number of hydrogen-bond donors (Lipinski definition) is 3. The molecule has 1 aliphatic heterocycles. The van der Waals surface area contributed by atoms with Crippen LogP contribution < -0.4 is 15.0 Å². The number of nitrogens with zero attached hydrogens (tertiary/aromatic N) is 4. The Morgan fingerprint density at radius 2 is 2.05 bits per heavy atom. The number of aromatic nitrogens is 3. The molecule has 0 saturated heterocycles. The second-order valence-corrected chi connectivity index (χ2v) is 13.7. The van der Waals surface area contributed by atoms with E-state index >= 15 is 0 Å². The van der Waals surface area contributed by atoms with Crippen molar-refractivity contribution >= 4 is 48.6 Å². The topological polar surface area (TPSA) is 173 Å². The van der Waals surface area contributed by atoms with Gasteiger partial charge in [-0.2, -0.15) is 5.10 Å². The second kappa shape index (κ2) is 9.22. The van der Waals surface area contributed by atoms with Crippen LogP contribution in [-0.2, 0) is 26.6 Å². The molecule has 37 heavy (non-hydrogen) atoms. The first-order valence-corrected chi connectivity index (χ1v) is 15.4. The van der Waals surface area contributed by atoms with E-state index in [9.17, 15) is 26.7 Å². The van der Waals surface area contributed by atoms with Crippen molar-refractivity contribution in [2.45, 2.75) is 49.8 Å². The molecule has 5 rings (SSSR count). The molecule has 2 aromatic heterocycles. The fourth-order valence-corrected chi connectivity index (χ4v) is 6.92. The average molecular weight is 565 g/mol. The third kappa shape index (κ3) is 4.98. The molecule has 12 nitrogen and oxygen atoms in total. The molecule has 0 atom stereocenters. The summed E-state index contributed by atoms with van der Waals surface area (Å²) in [5, 5.41) is 14.9. The smallest absolute Gasteiger partial charge is 0.281 e. The first-order valence-electron chi connectivity index (χ1n) is 11.5. The molecule has 3 N–H and O–H groups in total. The lowest BCUT2D eigenvalue weighted by Gasteiger charge is -2.20. The molecular weight excluding hydrogens is 540 g/mol. The first kappa shape index (κ1) is 25.4. The number of aryl methyl sites for hydroxylation is 1. The van der Waals surface area contributed by atoms with Gasteiger partial charge >= 0.3 is 0 Å². The third-order valence-electron chi connectivity index (χ3n) is 5.89. The molecule has 15 heteroatoms. The van der Waals surface area contributed by atoms with Gasteiger partial charge in [-0.15, -0.1) is 11.3 Å². The Bertz CT molecular complexity index is 1670. The van der Waals surface area contributed by atoms with Crippen molar-refractivity contribution in [3.63, 3.8) is 0 Å². The number of sulfonamides is 2. The predicted molar refractivity (Wildman–Crippen MR) is 139 cm³/mol. The second-order valence-electron chi connectivity index (χ2n) is 9.24. The monoisotopic (exact) mass is 564 g/mol. The number of benzene rings is 1. The zero-order valence-corrected chi connectivity index (χ0v) is 22.3. The number of rotatable bonds is 8. The third-order valence-corrected chi connectivity index (χ3v) is 9.90. The normalized spacial score (nSPS) is 16.7. The van der Waals surface area contributed by atoms with Crippen molar-refractivity contribution in [2.24, 2.45) is 10.9 Å². The number of aliphatic imine (C=N–C) groups is 1. The zero-order valence-electron chi connectivity index (χ0n) is 19.9. The maximum atomic E-state index is 13.4. The molecule has 2 aliphatic rings. The largest absolute Gasteiger partial charge is 0.505 e. The summed E-state index contributed by atoms with van der Waals surface area (Å²) in [6.45, 7) is 4.23. The van der Waals surface area contributed by atoms with E-state index in [4.69, 9.17) is 0 Å². The summed E-state index contributed by atoms with van der Waals surface area (Å²) in [7, 11) is -7.87. The average Bonchev–Trinajstić information content (AvgIpc) is 3.55. The van der Waals surface area contributed by atoms with Crippen molar-refractivity contribution in [1.29, 1.82) is 0 Å². The van der Waals surface area contributed by atoms with Crippen LogP contribution in [0.2, 0.25) is 0 Å². The van der Waals surface area contributed by atoms with Gasteiger partial charge in [-0.3, -0.25) is 19.2 Å². The van der Waals surface area contributed by atoms with E-state index < -0.39 is 36.6 Å². The van der Waals surface area contributed by atoms with E-state index in [0.29, 0.717) is 24.1 Å². The van der Waals surface area contributed by atoms with Crippen molar-refractivity contribution in [2.75, 3.05) is 4.72 Å². The SMILES string of the molecule is CC(C)CCn1nc(-c2cncs2)c(O)c(C2=Nc3ccc(NS(=O)(=O)C4CC4)cc3S(=O)(=O)N2)c1=O. The predicted octanol–water partition coefficient (Wildman–Crippen LogP) is 2.39. The van der Waals surface area contributed by atoms with Gasteiger partial charge in [-0.1, -0.05) is 13.8 Å². The van der Waals surface area contributed by atoms with Crippen molar-refractivity contribution in [3.8, 4) is 16.3 Å². The maximum absolute atomic E-state index is 13.4. The first-order chi connectivity index (χ1) is 17.5. The van der Waals surface area contributed by atoms with Gasteiger partial charge in [0.05, 0.1) is 21.3 Å². The lowest BCUT2D eigenvalue weighted by molar-refractivity contribution is 0.444. The van der Waals surface area contributed by atoms with Gasteiger partial charge in [0.2, 0.25) is 10.0 Å². The van der Waals surface area contributed by atoms with Crippen LogP contribution in [0.1, 0.15) is 38.7 Å². The van der Waals surface area contributed by atoms with Crippen molar-refractivity contribution in [1.82, 2.24) is 19.5 Å². The van der Waals surface area contributed by atoms with Crippen LogP contribution in [-0.4, -0.2) is 47.8 Å². The molecule has 0 spiro atoms. The van der Waals surface area contributed by atoms with Crippen LogP contribution in [0.15, 0.2) is 44.6 Å². The van der Waals surface area contributed by atoms with Crippen LogP contribution in [0, 0.1) is 5.92 Å². The zero-order chi connectivity index (χ0) is 26.5. The Kier molecular flexibility index (Phi) is 6.32. The number of aromatic hydroxyl groups is 1. The highest BCUT2D eigenvalue weighted by Gasteiger charge is 2.36. The van der Waals surface area contributed by atoms with Crippen LogP contribution in [0.3, 0.4) is 0 Å². The van der Waals surface area contributed by atoms with Crippen LogP contribution in [0.25, 0.3) is 10.6 Å². The number of amidine groups is 1. The summed E-state index contributed by atoms with van der Waals surface area (Å²) < 4.78 is 56.8. The van der Waals surface area contributed by atoms with Gasteiger partial charge in [0.15, 0.2) is 11.6 Å². The molecule has 3 aromatic rings. The van der Waals surface area contributed by atoms with Crippen molar-refractivity contribution < 1.29 is 21.9 Å². The van der Waals surface area contributed by atoms with Gasteiger partial charge in [0.1, 0.15) is 16.2 Å². The minimum atomic E-state index is -4.27. The molecule has 1 aromatic carbocycles. The van der Waals surface area contributed by atoms with Gasteiger partial charge < -0.3 is 5.11 Å². The van der Waals surface area contributed by atoms with E-state index in [0.717, 1.165) is 0 Å². The molecule has 0 bridgehead atoms. The molecule has 0 amide bonds. The van der Waals surface area contributed by atoms with Crippen LogP contribution >= 0.6 is 11.3 Å². The maximum Gasteiger partial charge on any atom is 0.281 e. The lowest BCUT2D eigenvalue weighted by Crippen LogP contribution is -2.39. The number of nitrogens with one attached hydrogen (secondary N) is 2. The summed E-state index contributed by atoms with van der Waals surface area (Å²) in [5.74, 6) is -0.608. The minimum Gasteiger partial charge on any atom is -0.505 e. The molecule has 0 radical (unpaired) electrons. The van der Waals surface area contributed by atoms with E-state index in [1.54, 1.807) is 5.51 Å². The van der Waals surface area contributed by atoms with Gasteiger partial charge in [-0.05, 0) is 43.4 Å². The summed E-state index contributed by atoms with van der Waals surface area (Å²) in [6, 6.07) is 3.92. The number of hydrogen-bond acceptors (Lipinski definition) is 10. The molecule has 0 unspecified atom stereocenters. The molecule has 1 saturated carbocycles. The number of fused-ring (bicyclic) bond motifs is 1. The summed E-state index contributed by atoms with van der Waals surface area (Å²) in [6.07, 6.45) is 3.23. The molecular formula is C22H24N6O6S3. The molecule has 1 fully saturated rings. The van der Waals surface area contributed by atoms with E-state index in [1.165, 1.54) is 40.4 Å². The highest BCUT2D eigenvalue weighted by atomic mass is 32.2. The number of thiazole rings is 1. The Morgan fingerprint density at radius 1 is 1.30 bits per heavy atom. The number of anilines is 1. The van der Waals surface area contributed by atoms with Crippen molar-refractivity contribution in [3.05, 3.63) is 45.8 Å².